The molecule has 1 fully saturated rings. The summed E-state index contributed by atoms with van der Waals surface area (Å²) in [6.45, 7) is 0. The zero-order valence-corrected chi connectivity index (χ0v) is 16.1. The maximum Gasteiger partial charge on any atom is 0.535 e. The van der Waals surface area contributed by atoms with Gasteiger partial charge in [0.15, 0.2) is 0 Å². The number of nitrogens with zero attached hydrogens (tertiary/aromatic N) is 2. The fourth-order valence-corrected chi connectivity index (χ4v) is 4.86. The lowest BCUT2D eigenvalue weighted by Crippen LogP contribution is -2.31. The minimum absolute atomic E-state index is 0.0721. The van der Waals surface area contributed by atoms with Crippen LogP contribution in [0, 0.1) is 0 Å². The fraction of sp³-hybridized carbons (Fsp3) is 0.333. The third kappa shape index (κ3) is 6.50. The number of nitrogen functional groups attached to an aromatic ring is 1. The molecule has 4 unspecified atom stereocenters. The van der Waals surface area contributed by atoms with Gasteiger partial charge in [-0.25, -0.2) is 18.5 Å². The van der Waals surface area contributed by atoms with Crippen LogP contribution in [-0.4, -0.2) is 40.3 Å². The topological polar surface area (TPSA) is 250 Å². The lowest BCUT2D eigenvalue weighted by Gasteiger charge is -2.16. The molecule has 1 saturated heterocycles. The summed E-state index contributed by atoms with van der Waals surface area (Å²) in [5.74, 6) is -0.347. The molecule has 158 valence electrons. The van der Waals surface area contributed by atoms with Gasteiger partial charge in [0.25, 0.3) is 0 Å². The van der Waals surface area contributed by atoms with Crippen LogP contribution in [0.5, 0.6) is 0 Å². The molecule has 0 bridgehead atoms. The minimum atomic E-state index is -5.67. The second-order valence-electron chi connectivity index (χ2n) is 5.10. The summed E-state index contributed by atoms with van der Waals surface area (Å²) in [6.07, 6.45) is -1.27. The van der Waals surface area contributed by atoms with Crippen molar-refractivity contribution in [1.29, 1.82) is 0 Å². The van der Waals surface area contributed by atoms with Gasteiger partial charge in [-0.3, -0.25) is 9.46 Å². The van der Waals surface area contributed by atoms with Gasteiger partial charge in [-0.15, -0.1) is 0 Å². The SMILES string of the molecule is Nc1ccn(C2OC(=COP(=O)(O)OP(=O)(O)OP(=O)(O)O)CC2O)c(=O)n1. The maximum atomic E-state index is 11.8. The number of aliphatic hydroxyl groups is 1. The normalized spacial score (nSPS) is 25.7. The number of nitrogens with two attached hydrogens (primary N) is 1. The third-order valence-electron chi connectivity index (χ3n) is 2.87. The Hall–Kier alpha value is -1.57. The minimum Gasteiger partial charge on any atom is -0.468 e. The predicted molar refractivity (Wildman–Crippen MR) is 86.7 cm³/mol. The second-order valence-corrected chi connectivity index (χ2v) is 9.48. The largest absolute Gasteiger partial charge is 0.535 e. The molecule has 19 heteroatoms. The van der Waals surface area contributed by atoms with E-state index in [2.05, 4.69) is 18.1 Å². The number of rotatable bonds is 7. The summed E-state index contributed by atoms with van der Waals surface area (Å²) in [5, 5.41) is 9.96. The molecule has 1 aliphatic heterocycles. The van der Waals surface area contributed by atoms with Crippen molar-refractivity contribution >= 4 is 29.3 Å². The average molecular weight is 465 g/mol. The van der Waals surface area contributed by atoms with Crippen LogP contribution in [0.2, 0.25) is 0 Å². The molecule has 0 aromatic carbocycles. The van der Waals surface area contributed by atoms with Gasteiger partial charge in [-0.1, -0.05) is 0 Å². The van der Waals surface area contributed by atoms with E-state index in [-0.39, 0.29) is 18.0 Å². The van der Waals surface area contributed by atoms with Crippen LogP contribution < -0.4 is 11.4 Å². The average Bonchev–Trinajstić information content (AvgIpc) is 2.82. The van der Waals surface area contributed by atoms with E-state index in [1.165, 1.54) is 12.3 Å². The predicted octanol–water partition coefficient (Wildman–Crippen LogP) is -0.710. The lowest BCUT2D eigenvalue weighted by molar-refractivity contribution is 0.00412. The highest BCUT2D eigenvalue weighted by Crippen LogP contribution is 2.66. The van der Waals surface area contributed by atoms with Crippen molar-refractivity contribution in [3.63, 3.8) is 0 Å². The zero-order valence-electron chi connectivity index (χ0n) is 13.4. The summed E-state index contributed by atoms with van der Waals surface area (Å²) < 4.78 is 50.7. The molecule has 1 aromatic rings. The first-order valence-electron chi connectivity index (χ1n) is 6.88. The van der Waals surface area contributed by atoms with Crippen LogP contribution >= 0.6 is 23.5 Å². The van der Waals surface area contributed by atoms with Crippen molar-refractivity contribution in [1.82, 2.24) is 9.55 Å². The summed E-state index contributed by atoms with van der Waals surface area (Å²) >= 11 is 0. The number of phosphoric acid groups is 3. The Kier molecular flexibility index (Phi) is 6.53. The monoisotopic (exact) mass is 465 g/mol. The Balaban J connectivity index is 2.08. The molecular formula is C9H14N3O13P3. The highest BCUT2D eigenvalue weighted by molar-refractivity contribution is 7.66. The van der Waals surface area contributed by atoms with Gasteiger partial charge in [0.1, 0.15) is 23.9 Å². The van der Waals surface area contributed by atoms with Gasteiger partial charge in [-0.05, 0) is 6.07 Å². The molecule has 7 N–H and O–H groups in total. The Morgan fingerprint density at radius 3 is 2.43 bits per heavy atom. The maximum absolute atomic E-state index is 11.8. The Labute approximate surface area is 155 Å². The molecule has 4 atom stereocenters. The van der Waals surface area contributed by atoms with Crippen LogP contribution in [0.25, 0.3) is 0 Å². The van der Waals surface area contributed by atoms with Gasteiger partial charge in [0.05, 0.1) is 0 Å². The van der Waals surface area contributed by atoms with Crippen LogP contribution in [-0.2, 0) is 31.6 Å². The van der Waals surface area contributed by atoms with Crippen LogP contribution in [0.1, 0.15) is 12.6 Å². The van der Waals surface area contributed by atoms with E-state index < -0.39 is 41.5 Å². The van der Waals surface area contributed by atoms with Gasteiger partial charge < -0.3 is 34.8 Å². The number of ether oxygens (including phenoxy) is 1. The number of phosphoric ester groups is 1. The van der Waals surface area contributed by atoms with Crippen molar-refractivity contribution in [3.8, 4) is 0 Å². The van der Waals surface area contributed by atoms with Gasteiger partial charge in [-0.2, -0.15) is 13.6 Å². The van der Waals surface area contributed by atoms with Crippen molar-refractivity contribution < 1.29 is 56.3 Å². The molecule has 0 aliphatic carbocycles. The molecule has 28 heavy (non-hydrogen) atoms. The Morgan fingerprint density at radius 1 is 1.21 bits per heavy atom. The molecule has 1 aliphatic rings. The molecule has 0 amide bonds. The van der Waals surface area contributed by atoms with Crippen molar-refractivity contribution in [3.05, 3.63) is 34.8 Å². The zero-order chi connectivity index (χ0) is 21.3. The first-order chi connectivity index (χ1) is 12.7. The highest BCUT2D eigenvalue weighted by atomic mass is 31.3. The second kappa shape index (κ2) is 8.05. The molecule has 0 saturated carbocycles. The first kappa shape index (κ1) is 22.7. The number of anilines is 1. The van der Waals surface area contributed by atoms with Crippen LogP contribution in [0.15, 0.2) is 29.1 Å². The van der Waals surface area contributed by atoms with E-state index in [1.54, 1.807) is 0 Å². The highest BCUT2D eigenvalue weighted by Gasteiger charge is 2.41. The van der Waals surface area contributed by atoms with E-state index in [4.69, 9.17) is 25.2 Å². The Bertz CT molecular complexity index is 969. The van der Waals surface area contributed by atoms with E-state index >= 15 is 0 Å². The summed E-state index contributed by atoms with van der Waals surface area (Å²) in [7, 11) is -16.6. The number of aliphatic hydroxyl groups excluding tert-OH is 1. The van der Waals surface area contributed by atoms with Crippen molar-refractivity contribution in [2.75, 3.05) is 5.73 Å². The van der Waals surface area contributed by atoms with Crippen LogP contribution in [0.3, 0.4) is 0 Å². The van der Waals surface area contributed by atoms with E-state index in [1.807, 2.05) is 0 Å². The molecule has 1 aromatic heterocycles. The molecule has 2 heterocycles. The smallest absolute Gasteiger partial charge is 0.468 e. The molecule has 0 radical (unpaired) electrons. The van der Waals surface area contributed by atoms with E-state index in [9.17, 15) is 28.5 Å². The summed E-state index contributed by atoms with van der Waals surface area (Å²) in [4.78, 5) is 50.4. The van der Waals surface area contributed by atoms with Crippen molar-refractivity contribution in [2.24, 2.45) is 0 Å². The summed E-state index contributed by atoms with van der Waals surface area (Å²) in [5.41, 5.74) is 4.49. The third-order valence-corrected chi connectivity index (χ3v) is 6.57. The number of hydrogen-bond acceptors (Lipinski definition) is 11. The van der Waals surface area contributed by atoms with Gasteiger partial charge >= 0.3 is 29.2 Å². The summed E-state index contributed by atoms with van der Waals surface area (Å²) in [6, 6.07) is 1.26. The molecular weight excluding hydrogens is 451 g/mol. The number of aromatic nitrogens is 2. The fourth-order valence-electron chi connectivity index (χ4n) is 1.95. The lowest BCUT2D eigenvalue weighted by atomic mass is 10.2. The Morgan fingerprint density at radius 2 is 1.86 bits per heavy atom. The van der Waals surface area contributed by atoms with Gasteiger partial charge in [0, 0.05) is 12.6 Å². The number of hydrogen-bond donors (Lipinski definition) is 6. The van der Waals surface area contributed by atoms with E-state index in [0.717, 1.165) is 4.57 Å². The quantitative estimate of drug-likeness (QED) is 0.215. The standard InChI is InChI=1S/C9H14N3O13P3/c10-7-1-2-12(9(14)11-7)8-6(13)3-5(23-8)4-22-27(18,19)25-28(20,21)24-26(15,16)17/h1-2,4,6,8,13H,3H2,(H,18,19)(H,20,21)(H2,10,11,14)(H2,15,16,17). The van der Waals surface area contributed by atoms with Crippen molar-refractivity contribution in [2.45, 2.75) is 18.8 Å². The molecule has 0 spiro atoms. The molecule has 16 nitrogen and oxygen atoms in total. The van der Waals surface area contributed by atoms with Crippen LogP contribution in [0.4, 0.5) is 5.82 Å². The van der Waals surface area contributed by atoms with Gasteiger partial charge in [0.2, 0.25) is 6.23 Å². The van der Waals surface area contributed by atoms with E-state index in [0.29, 0.717) is 6.26 Å². The molecule has 2 rings (SSSR count). The first-order valence-corrected chi connectivity index (χ1v) is 11.4.